The third kappa shape index (κ3) is 4.23. The maximum absolute atomic E-state index is 9.76. The zero-order valence-corrected chi connectivity index (χ0v) is 12.2. The Labute approximate surface area is 106 Å². The first kappa shape index (κ1) is 14.9. The van der Waals surface area contributed by atoms with Crippen molar-refractivity contribution in [2.75, 3.05) is 6.54 Å². The van der Waals surface area contributed by atoms with Crippen LogP contribution >= 0.6 is 0 Å². The molecule has 0 aliphatic carbocycles. The summed E-state index contributed by atoms with van der Waals surface area (Å²) in [5.41, 5.74) is -0.163. The molecule has 1 aliphatic rings. The number of aliphatic hydroxyl groups is 1. The van der Waals surface area contributed by atoms with E-state index in [-0.39, 0.29) is 17.3 Å². The molecule has 0 aromatic heterocycles. The number of hydrogen-bond acceptors (Lipinski definition) is 3. The van der Waals surface area contributed by atoms with Crippen LogP contribution in [0.2, 0.25) is 0 Å². The normalized spacial score (nSPS) is 28.6. The second-order valence-corrected chi connectivity index (χ2v) is 6.78. The molecule has 0 bridgehead atoms. The van der Waals surface area contributed by atoms with Gasteiger partial charge in [0.25, 0.3) is 0 Å². The lowest BCUT2D eigenvalue weighted by Gasteiger charge is -2.28. The van der Waals surface area contributed by atoms with Crippen molar-refractivity contribution in [2.45, 2.75) is 77.7 Å². The topological polar surface area (TPSA) is 41.5 Å². The van der Waals surface area contributed by atoms with Crippen LogP contribution in [0, 0.1) is 5.92 Å². The maximum atomic E-state index is 9.76. The molecule has 102 valence electrons. The van der Waals surface area contributed by atoms with Crippen LogP contribution in [0.1, 0.15) is 54.4 Å². The predicted molar refractivity (Wildman–Crippen MR) is 71.1 cm³/mol. The Bertz CT molecular complexity index is 249. The molecule has 2 atom stereocenters. The highest BCUT2D eigenvalue weighted by atomic mass is 16.5. The molecule has 0 aromatic carbocycles. The zero-order chi connectivity index (χ0) is 13.3. The minimum atomic E-state index is -0.207. The number of aliphatic hydroxyl groups excluding tert-OH is 1. The Morgan fingerprint density at radius 2 is 1.88 bits per heavy atom. The van der Waals surface area contributed by atoms with Crippen molar-refractivity contribution in [1.29, 1.82) is 0 Å². The van der Waals surface area contributed by atoms with E-state index in [0.29, 0.717) is 12.0 Å². The molecule has 1 aliphatic heterocycles. The predicted octanol–water partition coefficient (Wildman–Crippen LogP) is 2.33. The van der Waals surface area contributed by atoms with Gasteiger partial charge in [-0.25, -0.2) is 0 Å². The van der Waals surface area contributed by atoms with Crippen molar-refractivity contribution in [3.63, 3.8) is 0 Å². The Morgan fingerprint density at radius 3 is 2.29 bits per heavy atom. The third-order valence-corrected chi connectivity index (χ3v) is 3.67. The summed E-state index contributed by atoms with van der Waals surface area (Å²) in [6.45, 7) is 13.5. The van der Waals surface area contributed by atoms with E-state index < -0.39 is 0 Å². The first-order valence-corrected chi connectivity index (χ1v) is 6.76. The van der Waals surface area contributed by atoms with Crippen molar-refractivity contribution >= 4 is 0 Å². The van der Waals surface area contributed by atoms with Crippen molar-refractivity contribution in [2.24, 2.45) is 5.92 Å². The van der Waals surface area contributed by atoms with E-state index in [1.165, 1.54) is 0 Å². The van der Waals surface area contributed by atoms with Crippen LogP contribution in [0.25, 0.3) is 0 Å². The van der Waals surface area contributed by atoms with Crippen molar-refractivity contribution in [3.05, 3.63) is 0 Å². The van der Waals surface area contributed by atoms with Gasteiger partial charge in [0.2, 0.25) is 0 Å². The summed E-state index contributed by atoms with van der Waals surface area (Å²) in [5, 5.41) is 13.3. The fraction of sp³-hybridized carbons (Fsp3) is 1.00. The SMILES string of the molecule is CC(C)C(O)CCNC1CC(C)(C)OC1(C)C. The van der Waals surface area contributed by atoms with Gasteiger partial charge in [-0.05, 0) is 53.0 Å². The molecular weight excluding hydrogens is 214 g/mol. The molecule has 3 nitrogen and oxygen atoms in total. The summed E-state index contributed by atoms with van der Waals surface area (Å²) in [6, 6.07) is 0.372. The first-order valence-electron chi connectivity index (χ1n) is 6.76. The number of ether oxygens (including phenoxy) is 1. The second kappa shape index (κ2) is 5.25. The number of rotatable bonds is 5. The Kier molecular flexibility index (Phi) is 4.61. The fourth-order valence-corrected chi connectivity index (χ4v) is 2.62. The van der Waals surface area contributed by atoms with Gasteiger partial charge in [-0.2, -0.15) is 0 Å². The number of nitrogens with one attached hydrogen (secondary N) is 1. The molecule has 1 rings (SSSR count). The molecule has 1 heterocycles. The molecule has 1 saturated heterocycles. The van der Waals surface area contributed by atoms with E-state index in [9.17, 15) is 5.11 Å². The van der Waals surface area contributed by atoms with Crippen molar-refractivity contribution in [3.8, 4) is 0 Å². The quantitative estimate of drug-likeness (QED) is 0.778. The summed E-state index contributed by atoms with van der Waals surface area (Å²) in [5.74, 6) is 0.334. The Hall–Kier alpha value is -0.120. The molecule has 0 radical (unpaired) electrons. The average molecular weight is 243 g/mol. The van der Waals surface area contributed by atoms with Crippen LogP contribution in [0.15, 0.2) is 0 Å². The van der Waals surface area contributed by atoms with Gasteiger partial charge in [0.1, 0.15) is 0 Å². The van der Waals surface area contributed by atoms with Crippen molar-refractivity contribution < 1.29 is 9.84 Å². The first-order chi connectivity index (χ1) is 7.64. The molecule has 0 saturated carbocycles. The van der Waals surface area contributed by atoms with Crippen LogP contribution in [0.4, 0.5) is 0 Å². The summed E-state index contributed by atoms with van der Waals surface area (Å²) in [4.78, 5) is 0. The summed E-state index contributed by atoms with van der Waals surface area (Å²) >= 11 is 0. The molecule has 1 fully saturated rings. The molecule has 0 aromatic rings. The van der Waals surface area contributed by atoms with Gasteiger partial charge < -0.3 is 15.2 Å². The second-order valence-electron chi connectivity index (χ2n) is 6.78. The molecule has 3 heteroatoms. The lowest BCUT2D eigenvalue weighted by atomic mass is 9.94. The van der Waals surface area contributed by atoms with E-state index in [1.807, 2.05) is 0 Å². The molecule has 2 N–H and O–H groups in total. The molecular formula is C14H29NO2. The third-order valence-electron chi connectivity index (χ3n) is 3.67. The summed E-state index contributed by atoms with van der Waals surface area (Å²) in [6.07, 6.45) is 1.63. The zero-order valence-electron chi connectivity index (χ0n) is 12.2. The lowest BCUT2D eigenvalue weighted by Crippen LogP contribution is -2.44. The van der Waals surface area contributed by atoms with Crippen LogP contribution in [0.3, 0.4) is 0 Å². The summed E-state index contributed by atoms with van der Waals surface area (Å²) in [7, 11) is 0. The van der Waals surface area contributed by atoms with Gasteiger partial charge in [-0.15, -0.1) is 0 Å². The van der Waals surface area contributed by atoms with Gasteiger partial charge in [-0.3, -0.25) is 0 Å². The van der Waals surface area contributed by atoms with E-state index in [2.05, 4.69) is 46.9 Å². The van der Waals surface area contributed by atoms with Crippen LogP contribution < -0.4 is 5.32 Å². The van der Waals surface area contributed by atoms with Gasteiger partial charge in [0.15, 0.2) is 0 Å². The maximum Gasteiger partial charge on any atom is 0.0787 e. The summed E-state index contributed by atoms with van der Waals surface area (Å²) < 4.78 is 6.03. The van der Waals surface area contributed by atoms with E-state index in [1.54, 1.807) is 0 Å². The standard InChI is InChI=1S/C14H29NO2/c1-10(2)11(16)7-8-15-12-9-13(3,4)17-14(12,5)6/h10-12,15-16H,7-9H2,1-6H3. The molecule has 2 unspecified atom stereocenters. The Balaban J connectivity index is 2.37. The minimum Gasteiger partial charge on any atom is -0.393 e. The van der Waals surface area contributed by atoms with E-state index >= 15 is 0 Å². The molecule has 0 amide bonds. The highest BCUT2D eigenvalue weighted by molar-refractivity contribution is 4.98. The molecule has 0 spiro atoms. The Morgan fingerprint density at radius 1 is 1.29 bits per heavy atom. The van der Waals surface area contributed by atoms with Crippen LogP contribution in [-0.2, 0) is 4.74 Å². The largest absolute Gasteiger partial charge is 0.393 e. The average Bonchev–Trinajstić information content (AvgIpc) is 2.33. The monoisotopic (exact) mass is 243 g/mol. The smallest absolute Gasteiger partial charge is 0.0787 e. The van der Waals surface area contributed by atoms with Gasteiger partial charge in [-0.1, -0.05) is 13.8 Å². The highest BCUT2D eigenvalue weighted by Gasteiger charge is 2.45. The van der Waals surface area contributed by atoms with Crippen molar-refractivity contribution in [1.82, 2.24) is 5.32 Å². The fourth-order valence-electron chi connectivity index (χ4n) is 2.62. The van der Waals surface area contributed by atoms with E-state index in [4.69, 9.17) is 4.74 Å². The molecule has 17 heavy (non-hydrogen) atoms. The van der Waals surface area contributed by atoms with Gasteiger partial charge >= 0.3 is 0 Å². The van der Waals surface area contributed by atoms with Gasteiger partial charge in [0.05, 0.1) is 17.3 Å². The van der Waals surface area contributed by atoms with Gasteiger partial charge in [0, 0.05) is 6.04 Å². The van der Waals surface area contributed by atoms with E-state index in [0.717, 1.165) is 19.4 Å². The number of hydrogen-bond donors (Lipinski definition) is 2. The minimum absolute atomic E-state index is 0.0438. The van der Waals surface area contributed by atoms with Crippen LogP contribution in [0.5, 0.6) is 0 Å². The highest BCUT2D eigenvalue weighted by Crippen LogP contribution is 2.37. The lowest BCUT2D eigenvalue weighted by molar-refractivity contribution is -0.0699. The van der Waals surface area contributed by atoms with Crippen LogP contribution in [-0.4, -0.2) is 35.0 Å².